The number of nitrogens with one attached hydrogen (secondary N) is 1. The number of nitrogens with zero attached hydrogens (tertiary/aromatic N) is 3. The van der Waals surface area contributed by atoms with Crippen LogP contribution >= 0.6 is 11.6 Å². The van der Waals surface area contributed by atoms with Gasteiger partial charge in [0.25, 0.3) is 5.69 Å². The summed E-state index contributed by atoms with van der Waals surface area (Å²) in [6.45, 7) is 0.918. The quantitative estimate of drug-likeness (QED) is 0.571. The van der Waals surface area contributed by atoms with Gasteiger partial charge in [0.05, 0.1) is 27.1 Å². The van der Waals surface area contributed by atoms with Crippen LogP contribution in [0.1, 0.15) is 6.42 Å². The van der Waals surface area contributed by atoms with Crippen molar-refractivity contribution in [3.63, 3.8) is 0 Å². The molecule has 144 valence electrons. The smallest absolute Gasteiger partial charge is 0.319 e. The number of carbonyl (C=O) groups is 1. The standard InChI is InChI=1S/C15H21ClN4O5S/c1-18(2)6-7-19(12-5-8-26(24,25)10-12)15(21)17-14-4-3-11(20(22)23)9-13(14)16/h3-4,9,12H,5-8,10H2,1-2H3,(H,17,21)/t12-/m1/s1. The second kappa shape index (κ2) is 8.19. The van der Waals surface area contributed by atoms with Gasteiger partial charge in [-0.25, -0.2) is 13.2 Å². The number of carbonyl (C=O) groups excluding carboxylic acids is 1. The fourth-order valence-electron chi connectivity index (χ4n) is 2.68. The van der Waals surface area contributed by atoms with Crippen molar-refractivity contribution < 1.29 is 18.1 Å². The number of sulfone groups is 1. The fraction of sp³-hybridized carbons (Fsp3) is 0.533. The van der Waals surface area contributed by atoms with Gasteiger partial charge in [0.2, 0.25) is 0 Å². The Hall–Kier alpha value is -1.91. The summed E-state index contributed by atoms with van der Waals surface area (Å²) in [5.41, 5.74) is 0.0531. The molecule has 1 aliphatic rings. The molecule has 0 spiro atoms. The average Bonchev–Trinajstić information content (AvgIpc) is 2.88. The van der Waals surface area contributed by atoms with Crippen LogP contribution in [0.5, 0.6) is 0 Å². The van der Waals surface area contributed by atoms with E-state index in [1.54, 1.807) is 0 Å². The van der Waals surface area contributed by atoms with Crippen molar-refractivity contribution >= 4 is 38.8 Å². The monoisotopic (exact) mass is 404 g/mol. The number of nitro benzene ring substituents is 1. The van der Waals surface area contributed by atoms with Crippen molar-refractivity contribution in [2.75, 3.05) is 44.0 Å². The molecule has 0 aliphatic carbocycles. The third-order valence-corrected chi connectivity index (χ3v) is 6.17. The molecule has 1 fully saturated rings. The molecule has 1 atom stereocenters. The molecular weight excluding hydrogens is 384 g/mol. The maximum absolute atomic E-state index is 12.7. The zero-order valence-electron chi connectivity index (χ0n) is 14.5. The third kappa shape index (κ3) is 5.29. The van der Waals surface area contributed by atoms with Crippen molar-refractivity contribution in [1.29, 1.82) is 0 Å². The van der Waals surface area contributed by atoms with Gasteiger partial charge in [0, 0.05) is 31.3 Å². The van der Waals surface area contributed by atoms with E-state index < -0.39 is 26.8 Å². The van der Waals surface area contributed by atoms with Gasteiger partial charge < -0.3 is 15.1 Å². The van der Waals surface area contributed by atoms with Gasteiger partial charge in [-0.15, -0.1) is 0 Å². The minimum Gasteiger partial charge on any atom is -0.319 e. The molecule has 2 rings (SSSR count). The van der Waals surface area contributed by atoms with E-state index in [2.05, 4.69) is 5.32 Å². The Bertz CT molecular complexity index is 799. The lowest BCUT2D eigenvalue weighted by molar-refractivity contribution is -0.384. The number of non-ortho nitro benzene ring substituents is 1. The van der Waals surface area contributed by atoms with Crippen molar-refractivity contribution in [2.24, 2.45) is 0 Å². The van der Waals surface area contributed by atoms with Crippen LogP contribution < -0.4 is 5.32 Å². The first-order chi connectivity index (χ1) is 12.1. The molecule has 1 saturated heterocycles. The van der Waals surface area contributed by atoms with Crippen molar-refractivity contribution in [2.45, 2.75) is 12.5 Å². The van der Waals surface area contributed by atoms with Crippen LogP contribution in [0.2, 0.25) is 5.02 Å². The lowest BCUT2D eigenvalue weighted by Gasteiger charge is -2.29. The molecule has 1 N–H and O–H groups in total. The molecular formula is C15H21ClN4O5S. The third-order valence-electron chi connectivity index (χ3n) is 4.10. The van der Waals surface area contributed by atoms with Crippen molar-refractivity contribution in [3.05, 3.63) is 33.3 Å². The van der Waals surface area contributed by atoms with Crippen molar-refractivity contribution in [3.8, 4) is 0 Å². The number of nitro groups is 1. The van der Waals surface area contributed by atoms with E-state index in [9.17, 15) is 23.3 Å². The Morgan fingerprint density at radius 3 is 2.58 bits per heavy atom. The minimum absolute atomic E-state index is 0.0409. The highest BCUT2D eigenvalue weighted by atomic mass is 35.5. The van der Waals surface area contributed by atoms with Gasteiger partial charge in [-0.05, 0) is 26.6 Å². The molecule has 0 unspecified atom stereocenters. The Morgan fingerprint density at radius 2 is 2.08 bits per heavy atom. The normalized spacial score (nSPS) is 18.7. The van der Waals surface area contributed by atoms with Gasteiger partial charge in [-0.1, -0.05) is 11.6 Å². The largest absolute Gasteiger partial charge is 0.322 e. The maximum Gasteiger partial charge on any atom is 0.322 e. The van der Waals surface area contributed by atoms with Crippen LogP contribution in [0.25, 0.3) is 0 Å². The van der Waals surface area contributed by atoms with Crippen LogP contribution in [0.4, 0.5) is 16.2 Å². The van der Waals surface area contributed by atoms with Gasteiger partial charge in [0.15, 0.2) is 9.84 Å². The molecule has 11 heteroatoms. The van der Waals surface area contributed by atoms with Crippen LogP contribution in [0.3, 0.4) is 0 Å². The number of amides is 2. The summed E-state index contributed by atoms with van der Waals surface area (Å²) in [6, 6.07) is 2.86. The van der Waals surface area contributed by atoms with E-state index in [1.165, 1.54) is 17.0 Å². The Morgan fingerprint density at radius 1 is 1.38 bits per heavy atom. The first-order valence-corrected chi connectivity index (χ1v) is 10.2. The first kappa shape index (κ1) is 20.4. The van der Waals surface area contributed by atoms with Crippen LogP contribution in [0.15, 0.2) is 18.2 Å². The molecule has 2 amide bonds. The molecule has 1 aromatic carbocycles. The zero-order chi connectivity index (χ0) is 19.5. The highest BCUT2D eigenvalue weighted by Gasteiger charge is 2.34. The van der Waals surface area contributed by atoms with Gasteiger partial charge in [-0.2, -0.15) is 0 Å². The first-order valence-electron chi connectivity index (χ1n) is 7.96. The number of anilines is 1. The minimum atomic E-state index is -3.15. The van der Waals surface area contributed by atoms with E-state index >= 15 is 0 Å². The topological polar surface area (TPSA) is 113 Å². The second-order valence-corrected chi connectivity index (χ2v) is 9.04. The number of halogens is 1. The van der Waals surface area contributed by atoms with E-state index in [4.69, 9.17) is 11.6 Å². The van der Waals surface area contributed by atoms with Gasteiger partial charge in [-0.3, -0.25) is 10.1 Å². The number of rotatable bonds is 6. The summed E-state index contributed by atoms with van der Waals surface area (Å²) in [7, 11) is 0.567. The van der Waals surface area contributed by atoms with Crippen LogP contribution in [-0.4, -0.2) is 73.9 Å². The lowest BCUT2D eigenvalue weighted by Crippen LogP contribution is -2.46. The van der Waals surface area contributed by atoms with Crippen molar-refractivity contribution in [1.82, 2.24) is 9.80 Å². The summed E-state index contributed by atoms with van der Waals surface area (Å²) in [6.07, 6.45) is 0.386. The summed E-state index contributed by atoms with van der Waals surface area (Å²) in [5.74, 6) is -0.0104. The Kier molecular flexibility index (Phi) is 6.43. The summed E-state index contributed by atoms with van der Waals surface area (Å²) < 4.78 is 23.5. The highest BCUT2D eigenvalue weighted by Crippen LogP contribution is 2.27. The highest BCUT2D eigenvalue weighted by molar-refractivity contribution is 7.91. The summed E-state index contributed by atoms with van der Waals surface area (Å²) in [5, 5.41) is 13.4. The molecule has 1 aromatic rings. The van der Waals surface area contributed by atoms with Gasteiger partial charge >= 0.3 is 6.03 Å². The number of hydrogen-bond acceptors (Lipinski definition) is 6. The summed E-state index contributed by atoms with van der Waals surface area (Å²) >= 11 is 6.01. The molecule has 9 nitrogen and oxygen atoms in total. The molecule has 0 saturated carbocycles. The maximum atomic E-state index is 12.7. The lowest BCUT2D eigenvalue weighted by atomic mass is 10.2. The van der Waals surface area contributed by atoms with Crippen LogP contribution in [-0.2, 0) is 9.84 Å². The average molecular weight is 405 g/mol. The predicted molar refractivity (Wildman–Crippen MR) is 99.4 cm³/mol. The predicted octanol–water partition coefficient (Wildman–Crippen LogP) is 1.83. The molecule has 0 aromatic heterocycles. The number of likely N-dealkylation sites (N-methyl/N-ethyl adjacent to an activating group) is 1. The molecule has 1 aliphatic heterocycles. The second-order valence-electron chi connectivity index (χ2n) is 6.40. The number of urea groups is 1. The van der Waals surface area contributed by atoms with Crippen LogP contribution in [0, 0.1) is 10.1 Å². The van der Waals surface area contributed by atoms with E-state index in [0.717, 1.165) is 6.07 Å². The van der Waals surface area contributed by atoms with E-state index in [0.29, 0.717) is 19.5 Å². The Balaban J connectivity index is 2.17. The van der Waals surface area contributed by atoms with E-state index in [-0.39, 0.29) is 27.9 Å². The zero-order valence-corrected chi connectivity index (χ0v) is 16.1. The fourth-order valence-corrected chi connectivity index (χ4v) is 4.64. The Labute approximate surface area is 157 Å². The molecule has 26 heavy (non-hydrogen) atoms. The molecule has 0 bridgehead atoms. The molecule has 0 radical (unpaired) electrons. The molecule has 1 heterocycles. The van der Waals surface area contributed by atoms with Gasteiger partial charge in [0.1, 0.15) is 0 Å². The summed E-state index contributed by atoms with van der Waals surface area (Å²) in [4.78, 5) is 26.3. The number of hydrogen-bond donors (Lipinski definition) is 1. The SMILES string of the molecule is CN(C)CCN(C(=O)Nc1ccc([N+](=O)[O-])cc1Cl)[C@@H]1CCS(=O)(=O)C1. The van der Waals surface area contributed by atoms with E-state index in [1.807, 2.05) is 19.0 Å². The number of benzene rings is 1.